The van der Waals surface area contributed by atoms with E-state index in [4.69, 9.17) is 49.6 Å². The van der Waals surface area contributed by atoms with Gasteiger partial charge < -0.3 is 14.2 Å². The first kappa shape index (κ1) is 22.9. The zero-order chi connectivity index (χ0) is 21.7. The molecule has 0 N–H and O–H groups in total. The Morgan fingerprint density at radius 2 is 1.93 bits per heavy atom. The van der Waals surface area contributed by atoms with Crippen LogP contribution < -0.4 is 9.47 Å². The van der Waals surface area contributed by atoms with Crippen molar-refractivity contribution in [2.24, 2.45) is 0 Å². The molecule has 0 bridgehead atoms. The van der Waals surface area contributed by atoms with Crippen molar-refractivity contribution in [2.75, 3.05) is 27.4 Å². The van der Waals surface area contributed by atoms with E-state index in [-0.39, 0.29) is 12.5 Å². The Morgan fingerprint density at radius 1 is 1.17 bits per heavy atom. The molecule has 1 amide bonds. The van der Waals surface area contributed by atoms with Crippen molar-refractivity contribution in [3.8, 4) is 11.5 Å². The lowest BCUT2D eigenvalue weighted by molar-refractivity contribution is -0.122. The molecule has 1 heterocycles. The number of ether oxygens (including phenoxy) is 3. The molecule has 9 heteroatoms. The van der Waals surface area contributed by atoms with E-state index in [1.165, 1.54) is 23.8 Å². The number of rotatable bonds is 8. The first-order valence-electron chi connectivity index (χ1n) is 8.92. The van der Waals surface area contributed by atoms with Crippen molar-refractivity contribution in [1.29, 1.82) is 0 Å². The Hall–Kier alpha value is -1.77. The summed E-state index contributed by atoms with van der Waals surface area (Å²) in [4.78, 5) is 14.7. The van der Waals surface area contributed by atoms with Gasteiger partial charge in [-0.15, -0.1) is 0 Å². The summed E-state index contributed by atoms with van der Waals surface area (Å²) in [5, 5.41) is 0.974. The van der Waals surface area contributed by atoms with Gasteiger partial charge in [-0.25, -0.2) is 0 Å². The molecule has 1 aliphatic rings. The number of hydrogen-bond donors (Lipinski definition) is 0. The van der Waals surface area contributed by atoms with Crippen molar-refractivity contribution in [3.05, 3.63) is 62.5 Å². The molecule has 0 radical (unpaired) electrons. The van der Waals surface area contributed by atoms with E-state index in [1.807, 2.05) is 18.2 Å². The van der Waals surface area contributed by atoms with Gasteiger partial charge in [-0.2, -0.15) is 0 Å². The first-order chi connectivity index (χ1) is 14.4. The molecule has 3 rings (SSSR count). The molecule has 2 aromatic rings. The number of halogens is 2. The molecular weight excluding hydrogens is 465 g/mol. The Labute approximate surface area is 194 Å². The predicted molar refractivity (Wildman–Crippen MR) is 126 cm³/mol. The van der Waals surface area contributed by atoms with E-state index >= 15 is 0 Å². The van der Waals surface area contributed by atoms with Crippen LogP contribution >= 0.6 is 47.2 Å². The van der Waals surface area contributed by atoms with Crippen molar-refractivity contribution in [1.82, 2.24) is 4.90 Å². The summed E-state index contributed by atoms with van der Waals surface area (Å²) < 4.78 is 16.9. The minimum Gasteiger partial charge on any atom is -0.493 e. The molecule has 0 aromatic heterocycles. The van der Waals surface area contributed by atoms with Crippen LogP contribution in [0.2, 0.25) is 10.0 Å². The number of nitrogens with zero attached hydrogens (tertiary/aromatic N) is 1. The summed E-state index contributed by atoms with van der Waals surface area (Å²) in [7, 11) is 3.11. The topological polar surface area (TPSA) is 48.0 Å². The van der Waals surface area contributed by atoms with Gasteiger partial charge in [-0.1, -0.05) is 65.4 Å². The highest BCUT2D eigenvalue weighted by atomic mass is 35.5. The normalized spacial score (nSPS) is 15.2. The van der Waals surface area contributed by atoms with Crippen molar-refractivity contribution in [2.45, 2.75) is 6.61 Å². The molecule has 0 atom stereocenters. The zero-order valence-corrected chi connectivity index (χ0v) is 19.5. The average molecular weight is 484 g/mol. The van der Waals surface area contributed by atoms with Crippen molar-refractivity contribution >= 4 is 63.5 Å². The van der Waals surface area contributed by atoms with Crippen LogP contribution in [0.3, 0.4) is 0 Å². The second-order valence-corrected chi connectivity index (χ2v) is 8.73. The summed E-state index contributed by atoms with van der Waals surface area (Å²) in [5.41, 5.74) is 1.54. The number of methoxy groups -OCH3 is 2. The van der Waals surface area contributed by atoms with Crippen LogP contribution in [0.1, 0.15) is 11.1 Å². The lowest BCUT2D eigenvalue weighted by Gasteiger charge is -2.14. The van der Waals surface area contributed by atoms with Gasteiger partial charge >= 0.3 is 0 Å². The van der Waals surface area contributed by atoms with Crippen molar-refractivity contribution < 1.29 is 19.0 Å². The molecular formula is C21H19Cl2NO4S2. The highest BCUT2D eigenvalue weighted by Gasteiger charge is 2.31. The third-order valence-electron chi connectivity index (χ3n) is 4.27. The van der Waals surface area contributed by atoms with E-state index in [0.717, 1.165) is 5.56 Å². The Morgan fingerprint density at radius 3 is 2.63 bits per heavy atom. The molecule has 0 spiro atoms. The largest absolute Gasteiger partial charge is 0.493 e. The van der Waals surface area contributed by atoms with E-state index in [1.54, 1.807) is 31.4 Å². The van der Waals surface area contributed by atoms with Gasteiger partial charge in [0.25, 0.3) is 5.91 Å². The smallest absolute Gasteiger partial charge is 0.266 e. The number of amides is 1. The van der Waals surface area contributed by atoms with E-state index in [9.17, 15) is 4.79 Å². The van der Waals surface area contributed by atoms with E-state index in [0.29, 0.717) is 49.5 Å². The minimum atomic E-state index is -0.156. The number of thiocarbonyl (C=S) groups is 1. The summed E-state index contributed by atoms with van der Waals surface area (Å²) >= 11 is 19.2. The third kappa shape index (κ3) is 5.28. The summed E-state index contributed by atoms with van der Waals surface area (Å²) in [6.07, 6.45) is 1.73. The molecule has 0 aliphatic carbocycles. The third-order valence-corrected chi connectivity index (χ3v) is 6.30. The lowest BCUT2D eigenvalue weighted by atomic mass is 10.1. The molecule has 2 aromatic carbocycles. The van der Waals surface area contributed by atoms with Gasteiger partial charge in [-0.3, -0.25) is 9.69 Å². The monoisotopic (exact) mass is 483 g/mol. The highest BCUT2D eigenvalue weighted by molar-refractivity contribution is 8.26. The molecule has 0 unspecified atom stereocenters. The number of benzene rings is 2. The molecule has 1 aliphatic heterocycles. The number of thioether (sulfide) groups is 1. The number of hydrogen-bond acceptors (Lipinski definition) is 6. The quantitative estimate of drug-likeness (QED) is 0.368. The summed E-state index contributed by atoms with van der Waals surface area (Å²) in [6.45, 7) is 1.07. The number of carbonyl (C=O) groups is 1. The second kappa shape index (κ2) is 10.5. The SMILES string of the molecule is COCCN1C(=O)/C(=C/c2cc(Cl)c(OCc3ccccc3Cl)c(OC)c2)SC1=S. The molecule has 1 fully saturated rings. The predicted octanol–water partition coefficient (Wildman–Crippen LogP) is 5.43. The van der Waals surface area contributed by atoms with Crippen LogP contribution in [0.15, 0.2) is 41.3 Å². The molecule has 5 nitrogen and oxygen atoms in total. The fourth-order valence-corrected chi connectivity index (χ4v) is 4.53. The van der Waals surface area contributed by atoms with Gasteiger partial charge in [0.2, 0.25) is 0 Å². The maximum absolute atomic E-state index is 12.6. The average Bonchev–Trinajstić information content (AvgIpc) is 2.99. The second-order valence-electron chi connectivity index (χ2n) is 6.24. The van der Waals surface area contributed by atoms with E-state index in [2.05, 4.69) is 0 Å². The fraction of sp³-hybridized carbons (Fsp3) is 0.238. The van der Waals surface area contributed by atoms with Crippen LogP contribution in [0.5, 0.6) is 11.5 Å². The highest BCUT2D eigenvalue weighted by Crippen LogP contribution is 2.39. The van der Waals surface area contributed by atoms with Crippen LogP contribution in [-0.4, -0.2) is 42.5 Å². The Balaban J connectivity index is 1.82. The molecule has 1 saturated heterocycles. The summed E-state index contributed by atoms with van der Waals surface area (Å²) in [5.74, 6) is 0.704. The van der Waals surface area contributed by atoms with Crippen LogP contribution in [0, 0.1) is 0 Å². The van der Waals surface area contributed by atoms with Crippen molar-refractivity contribution in [3.63, 3.8) is 0 Å². The molecule has 0 saturated carbocycles. The van der Waals surface area contributed by atoms with Crippen LogP contribution in [-0.2, 0) is 16.1 Å². The van der Waals surface area contributed by atoms with Gasteiger partial charge in [0.05, 0.1) is 30.2 Å². The Bertz CT molecular complexity index is 997. The lowest BCUT2D eigenvalue weighted by Crippen LogP contribution is -2.31. The van der Waals surface area contributed by atoms with Crippen LogP contribution in [0.4, 0.5) is 0 Å². The Kier molecular flexibility index (Phi) is 8.02. The standard InChI is InChI=1S/C21H19Cl2NO4S2/c1-26-8-7-24-20(25)18(30-21(24)29)11-13-9-16(23)19(17(10-13)27-2)28-12-14-5-3-4-6-15(14)22/h3-6,9-11H,7-8,12H2,1-2H3/b18-11-. The van der Waals surface area contributed by atoms with Gasteiger partial charge in [0.15, 0.2) is 11.5 Å². The van der Waals surface area contributed by atoms with Gasteiger partial charge in [0.1, 0.15) is 10.9 Å². The van der Waals surface area contributed by atoms with Gasteiger partial charge in [0, 0.05) is 17.7 Å². The molecule has 30 heavy (non-hydrogen) atoms. The maximum atomic E-state index is 12.6. The fourth-order valence-electron chi connectivity index (χ4n) is 2.76. The number of carbonyl (C=O) groups excluding carboxylic acids is 1. The van der Waals surface area contributed by atoms with Gasteiger partial charge in [-0.05, 0) is 29.8 Å². The summed E-state index contributed by atoms with van der Waals surface area (Å²) in [6, 6.07) is 10.9. The van der Waals surface area contributed by atoms with E-state index < -0.39 is 0 Å². The molecule has 158 valence electrons. The zero-order valence-electron chi connectivity index (χ0n) is 16.3. The first-order valence-corrected chi connectivity index (χ1v) is 10.9. The maximum Gasteiger partial charge on any atom is 0.266 e. The minimum absolute atomic E-state index is 0.156. The van der Waals surface area contributed by atoms with Crippen LogP contribution in [0.25, 0.3) is 6.08 Å².